The highest BCUT2D eigenvalue weighted by Crippen LogP contribution is 2.51. The summed E-state index contributed by atoms with van der Waals surface area (Å²) in [5, 5.41) is 12.3. The van der Waals surface area contributed by atoms with Crippen molar-refractivity contribution in [2.75, 3.05) is 6.61 Å². The SMILES string of the molecule is OC1(c2cc(F)ccc2OCC2CC2)CC2CCCC(C1)S2. The minimum absolute atomic E-state index is 0.286. The van der Waals surface area contributed by atoms with Gasteiger partial charge in [0.2, 0.25) is 0 Å². The van der Waals surface area contributed by atoms with Crippen molar-refractivity contribution in [2.45, 2.75) is 61.0 Å². The Morgan fingerprint density at radius 2 is 1.91 bits per heavy atom. The van der Waals surface area contributed by atoms with Crippen molar-refractivity contribution in [3.8, 4) is 5.75 Å². The van der Waals surface area contributed by atoms with Gasteiger partial charge in [-0.1, -0.05) is 6.42 Å². The third-order valence-corrected chi connectivity index (χ3v) is 6.76. The second-order valence-electron chi connectivity index (χ2n) is 7.15. The van der Waals surface area contributed by atoms with Gasteiger partial charge in [0.05, 0.1) is 12.2 Å². The van der Waals surface area contributed by atoms with E-state index in [1.54, 1.807) is 6.07 Å². The molecule has 2 nitrogen and oxygen atoms in total. The summed E-state index contributed by atoms with van der Waals surface area (Å²) < 4.78 is 19.7. The monoisotopic (exact) mass is 322 g/mol. The normalized spacial score (nSPS) is 34.5. The van der Waals surface area contributed by atoms with E-state index in [9.17, 15) is 9.50 Å². The van der Waals surface area contributed by atoms with Crippen molar-refractivity contribution >= 4 is 11.8 Å². The Morgan fingerprint density at radius 3 is 2.59 bits per heavy atom. The maximum absolute atomic E-state index is 13.8. The Morgan fingerprint density at radius 1 is 1.18 bits per heavy atom. The summed E-state index contributed by atoms with van der Waals surface area (Å²) >= 11 is 2.01. The van der Waals surface area contributed by atoms with Crippen LogP contribution in [0.15, 0.2) is 18.2 Å². The van der Waals surface area contributed by atoms with Crippen LogP contribution in [0.3, 0.4) is 0 Å². The Kier molecular flexibility index (Phi) is 3.85. The first-order valence-electron chi connectivity index (χ1n) is 8.43. The van der Waals surface area contributed by atoms with Gasteiger partial charge >= 0.3 is 0 Å². The molecule has 22 heavy (non-hydrogen) atoms. The van der Waals surface area contributed by atoms with Crippen molar-refractivity contribution in [1.82, 2.24) is 0 Å². The molecule has 0 spiro atoms. The van der Waals surface area contributed by atoms with E-state index in [1.807, 2.05) is 11.8 Å². The van der Waals surface area contributed by atoms with E-state index < -0.39 is 5.60 Å². The van der Waals surface area contributed by atoms with E-state index in [4.69, 9.17) is 4.74 Å². The first-order chi connectivity index (χ1) is 10.6. The topological polar surface area (TPSA) is 29.5 Å². The van der Waals surface area contributed by atoms with Gasteiger partial charge in [-0.25, -0.2) is 4.39 Å². The summed E-state index contributed by atoms with van der Waals surface area (Å²) in [6.45, 7) is 0.691. The van der Waals surface area contributed by atoms with Crippen LogP contribution < -0.4 is 4.74 Å². The highest BCUT2D eigenvalue weighted by Gasteiger charge is 2.44. The zero-order valence-electron chi connectivity index (χ0n) is 12.8. The molecule has 2 aliphatic heterocycles. The lowest BCUT2D eigenvalue weighted by molar-refractivity contribution is 0.00521. The molecule has 0 radical (unpaired) electrons. The summed E-state index contributed by atoms with van der Waals surface area (Å²) in [6, 6.07) is 4.63. The zero-order valence-corrected chi connectivity index (χ0v) is 13.6. The molecule has 1 saturated carbocycles. The molecule has 0 aromatic heterocycles. The van der Waals surface area contributed by atoms with Gasteiger partial charge in [0, 0.05) is 16.1 Å². The highest BCUT2D eigenvalue weighted by molar-refractivity contribution is 8.00. The average Bonchev–Trinajstić information content (AvgIpc) is 3.29. The van der Waals surface area contributed by atoms with Gasteiger partial charge in [-0.15, -0.1) is 0 Å². The summed E-state index contributed by atoms with van der Waals surface area (Å²) in [7, 11) is 0. The largest absolute Gasteiger partial charge is 0.493 e. The number of benzene rings is 1. The van der Waals surface area contributed by atoms with Gasteiger partial charge < -0.3 is 9.84 Å². The van der Waals surface area contributed by atoms with Gasteiger partial charge in [0.15, 0.2) is 0 Å². The molecular formula is C18H23FO2S. The van der Waals surface area contributed by atoms with Gasteiger partial charge in [0.1, 0.15) is 11.6 Å². The van der Waals surface area contributed by atoms with E-state index in [-0.39, 0.29) is 5.82 Å². The van der Waals surface area contributed by atoms with Crippen LogP contribution in [-0.4, -0.2) is 22.2 Å². The minimum atomic E-state index is -0.929. The Bertz CT molecular complexity index is 546. The number of thioether (sulfide) groups is 1. The first-order valence-corrected chi connectivity index (χ1v) is 9.37. The molecule has 4 heteroatoms. The van der Waals surface area contributed by atoms with Crippen LogP contribution >= 0.6 is 11.8 Å². The van der Waals surface area contributed by atoms with Crippen molar-refractivity contribution in [2.24, 2.45) is 5.92 Å². The van der Waals surface area contributed by atoms with Crippen molar-refractivity contribution < 1.29 is 14.2 Å². The van der Waals surface area contributed by atoms with Crippen LogP contribution in [0.2, 0.25) is 0 Å². The minimum Gasteiger partial charge on any atom is -0.493 e. The second-order valence-corrected chi connectivity index (χ2v) is 8.75. The lowest BCUT2D eigenvalue weighted by Crippen LogP contribution is -2.41. The maximum Gasteiger partial charge on any atom is 0.125 e. The summed E-state index contributed by atoms with van der Waals surface area (Å²) in [6.07, 6.45) is 7.47. The van der Waals surface area contributed by atoms with E-state index in [1.165, 1.54) is 31.4 Å². The molecule has 1 N–H and O–H groups in total. The lowest BCUT2D eigenvalue weighted by atomic mass is 9.80. The predicted octanol–water partition coefficient (Wildman–Crippen LogP) is 4.25. The number of halogens is 1. The predicted molar refractivity (Wildman–Crippen MR) is 86.8 cm³/mol. The second kappa shape index (κ2) is 5.72. The maximum atomic E-state index is 13.8. The third-order valence-electron chi connectivity index (χ3n) is 5.18. The fourth-order valence-corrected chi connectivity index (χ4v) is 5.72. The average molecular weight is 322 g/mol. The fraction of sp³-hybridized carbons (Fsp3) is 0.667. The van der Waals surface area contributed by atoms with Crippen molar-refractivity contribution in [3.63, 3.8) is 0 Å². The molecule has 2 unspecified atom stereocenters. The molecule has 2 heterocycles. The molecule has 1 aromatic rings. The number of hydrogen-bond acceptors (Lipinski definition) is 3. The van der Waals surface area contributed by atoms with Crippen LogP contribution in [0.25, 0.3) is 0 Å². The third kappa shape index (κ3) is 3.00. The zero-order chi connectivity index (χ0) is 15.2. The lowest BCUT2D eigenvalue weighted by Gasteiger charge is -2.44. The van der Waals surface area contributed by atoms with E-state index in [0.717, 1.165) is 25.7 Å². The smallest absolute Gasteiger partial charge is 0.125 e. The molecule has 2 saturated heterocycles. The Balaban J connectivity index is 1.62. The van der Waals surface area contributed by atoms with Gasteiger partial charge in [-0.3, -0.25) is 0 Å². The summed E-state index contributed by atoms with van der Waals surface area (Å²) in [4.78, 5) is 0. The van der Waals surface area contributed by atoms with E-state index in [2.05, 4.69) is 0 Å². The first kappa shape index (κ1) is 14.8. The molecule has 120 valence electrons. The van der Waals surface area contributed by atoms with Gasteiger partial charge in [-0.05, 0) is 62.6 Å². The number of fused-ring (bicyclic) bond motifs is 2. The molecule has 4 rings (SSSR count). The molecule has 3 fully saturated rings. The molecular weight excluding hydrogens is 299 g/mol. The molecule has 2 atom stereocenters. The Hall–Kier alpha value is -0.740. The highest BCUT2D eigenvalue weighted by atomic mass is 32.2. The Labute approximate surface area is 135 Å². The number of ether oxygens (including phenoxy) is 1. The van der Waals surface area contributed by atoms with Crippen molar-refractivity contribution in [1.29, 1.82) is 0 Å². The number of aliphatic hydroxyl groups is 1. The quantitative estimate of drug-likeness (QED) is 0.898. The van der Waals surface area contributed by atoms with Crippen LogP contribution in [0, 0.1) is 11.7 Å². The van der Waals surface area contributed by atoms with Gasteiger partial charge in [0.25, 0.3) is 0 Å². The molecule has 1 aromatic carbocycles. The van der Waals surface area contributed by atoms with Crippen molar-refractivity contribution in [3.05, 3.63) is 29.6 Å². The molecule has 0 amide bonds. The van der Waals surface area contributed by atoms with Gasteiger partial charge in [-0.2, -0.15) is 11.8 Å². The van der Waals surface area contributed by atoms with Crippen LogP contribution in [0.1, 0.15) is 50.5 Å². The standard InChI is InChI=1S/C18H23FO2S/c19-13-6-7-17(21-11-12-4-5-12)16(8-13)18(20)9-14-2-1-3-15(10-18)22-14/h6-8,12,14-15,20H,1-5,9-11H2. The number of rotatable bonds is 4. The molecule has 2 bridgehead atoms. The molecule has 1 aliphatic carbocycles. The fourth-order valence-electron chi connectivity index (χ4n) is 3.82. The van der Waals surface area contributed by atoms with E-state index >= 15 is 0 Å². The van der Waals surface area contributed by atoms with Crippen LogP contribution in [-0.2, 0) is 5.60 Å². The molecule has 3 aliphatic rings. The summed E-state index contributed by atoms with van der Waals surface area (Å²) in [5.41, 5.74) is -0.257. The van der Waals surface area contributed by atoms with E-state index in [0.29, 0.717) is 34.3 Å². The number of hydrogen-bond donors (Lipinski definition) is 1. The van der Waals surface area contributed by atoms with Crippen LogP contribution in [0.5, 0.6) is 5.75 Å². The summed E-state index contributed by atoms with van der Waals surface area (Å²) in [5.74, 6) is 1.04. The van der Waals surface area contributed by atoms with Crippen LogP contribution in [0.4, 0.5) is 4.39 Å².